The van der Waals surface area contributed by atoms with Crippen molar-refractivity contribution in [1.82, 2.24) is 0 Å². The molecule has 0 radical (unpaired) electrons. The first-order valence-electron chi connectivity index (χ1n) is 7.35. The number of hydrogen-bond acceptors (Lipinski definition) is 5. The molecule has 0 saturated carbocycles. The van der Waals surface area contributed by atoms with Crippen molar-refractivity contribution in [3.05, 3.63) is 70.9 Å². The topological polar surface area (TPSA) is 85.2 Å². The third-order valence-electron chi connectivity index (χ3n) is 3.34. The summed E-state index contributed by atoms with van der Waals surface area (Å²) < 4.78 is 36.9. The Morgan fingerprint density at radius 3 is 2.73 bits per heavy atom. The Kier molecular flexibility index (Phi) is 4.74. The number of hydrogen-bond donors (Lipinski definition) is 1. The number of nitrogens with zero attached hydrogens (tertiary/aromatic N) is 1. The quantitative estimate of drug-likeness (QED) is 0.655. The van der Waals surface area contributed by atoms with Gasteiger partial charge in [0, 0.05) is 11.6 Å². The van der Waals surface area contributed by atoms with Crippen LogP contribution >= 0.6 is 0 Å². The predicted octanol–water partition coefficient (Wildman–Crippen LogP) is 2.77. The summed E-state index contributed by atoms with van der Waals surface area (Å²) in [4.78, 5) is 26.6. The molecule has 0 fully saturated rings. The summed E-state index contributed by atoms with van der Waals surface area (Å²) in [5.41, 5.74) is 0.110. The second-order valence-corrected chi connectivity index (χ2v) is 5.18. The molecule has 0 bridgehead atoms. The van der Waals surface area contributed by atoms with Crippen molar-refractivity contribution in [3.8, 4) is 5.75 Å². The third-order valence-corrected chi connectivity index (χ3v) is 3.34. The smallest absolute Gasteiger partial charge is 0.363 e. The highest BCUT2D eigenvalue weighted by molar-refractivity contribution is 6.13. The first-order chi connectivity index (χ1) is 12.4. The molecule has 0 spiro atoms. The molecule has 0 aromatic heterocycles. The number of carboxylic acids is 1. The van der Waals surface area contributed by atoms with Crippen molar-refractivity contribution in [2.75, 3.05) is 6.61 Å². The Morgan fingerprint density at radius 1 is 1.23 bits per heavy atom. The maximum Gasteiger partial charge on any atom is 0.363 e. The van der Waals surface area contributed by atoms with Gasteiger partial charge in [-0.2, -0.15) is 0 Å². The van der Waals surface area contributed by atoms with E-state index in [0.29, 0.717) is 11.6 Å². The Labute approximate surface area is 146 Å². The van der Waals surface area contributed by atoms with Gasteiger partial charge in [0.15, 0.2) is 12.3 Å². The molecule has 6 nitrogen and oxygen atoms in total. The second kappa shape index (κ2) is 7.14. The monoisotopic (exact) mass is 359 g/mol. The van der Waals surface area contributed by atoms with Crippen molar-refractivity contribution in [2.24, 2.45) is 4.99 Å². The second-order valence-electron chi connectivity index (χ2n) is 5.18. The minimum atomic E-state index is -1.15. The number of carboxylic acid groups (broad SMARTS) is 1. The van der Waals surface area contributed by atoms with Gasteiger partial charge in [0.05, 0.1) is 5.56 Å². The van der Waals surface area contributed by atoms with E-state index >= 15 is 0 Å². The molecule has 132 valence electrons. The molecule has 8 heteroatoms. The van der Waals surface area contributed by atoms with Crippen LogP contribution in [-0.4, -0.2) is 29.5 Å². The van der Waals surface area contributed by atoms with Gasteiger partial charge < -0.3 is 14.6 Å². The van der Waals surface area contributed by atoms with Gasteiger partial charge in [-0.1, -0.05) is 18.2 Å². The number of carbonyl (C=O) groups is 2. The maximum atomic E-state index is 13.8. The average Bonchev–Trinajstić information content (AvgIpc) is 2.94. The van der Waals surface area contributed by atoms with Gasteiger partial charge in [-0.15, -0.1) is 0 Å². The number of carbonyl (C=O) groups excluding carboxylic acids is 1. The summed E-state index contributed by atoms with van der Waals surface area (Å²) in [5.74, 6) is -3.72. The number of aliphatic carboxylic acids is 1. The van der Waals surface area contributed by atoms with E-state index in [1.807, 2.05) is 0 Å². The number of cyclic esters (lactones) is 1. The van der Waals surface area contributed by atoms with Crippen LogP contribution in [0.5, 0.6) is 5.75 Å². The summed E-state index contributed by atoms with van der Waals surface area (Å²) >= 11 is 0. The van der Waals surface area contributed by atoms with Gasteiger partial charge in [-0.3, -0.25) is 0 Å². The normalized spacial score (nSPS) is 14.9. The summed E-state index contributed by atoms with van der Waals surface area (Å²) in [6.07, 6.45) is 1.33. The van der Waals surface area contributed by atoms with E-state index in [2.05, 4.69) is 4.99 Å². The minimum absolute atomic E-state index is 0.130. The Balaban J connectivity index is 1.93. The number of rotatable bonds is 5. The summed E-state index contributed by atoms with van der Waals surface area (Å²) in [6.45, 7) is -0.556. The molecule has 0 unspecified atom stereocenters. The number of benzene rings is 2. The van der Waals surface area contributed by atoms with Gasteiger partial charge in [-0.25, -0.2) is 23.4 Å². The zero-order valence-electron chi connectivity index (χ0n) is 13.1. The van der Waals surface area contributed by atoms with Crippen molar-refractivity contribution in [3.63, 3.8) is 0 Å². The number of ether oxygens (including phenoxy) is 2. The number of esters is 1. The van der Waals surface area contributed by atoms with E-state index in [9.17, 15) is 18.4 Å². The summed E-state index contributed by atoms with van der Waals surface area (Å²) in [6, 6.07) is 9.19. The Bertz CT molecular complexity index is 952. The lowest BCUT2D eigenvalue weighted by Crippen LogP contribution is -2.10. The zero-order valence-corrected chi connectivity index (χ0v) is 13.1. The molecule has 2 aromatic carbocycles. The lowest BCUT2D eigenvalue weighted by Gasteiger charge is -2.06. The standard InChI is InChI=1S/C18H11F2NO5/c19-11-5-6-12(13(20)8-11)17-21-14(18(24)26-17)7-10-3-1-2-4-15(10)25-9-16(22)23/h1-8H,9H2,(H,22,23)/b14-7+. The lowest BCUT2D eigenvalue weighted by atomic mass is 10.1. The fourth-order valence-corrected chi connectivity index (χ4v) is 2.21. The SMILES string of the molecule is O=C(O)COc1ccccc1/C=C1/N=C(c2ccc(F)cc2F)OC1=O. The van der Waals surface area contributed by atoms with Crippen LogP contribution < -0.4 is 4.74 Å². The predicted molar refractivity (Wildman–Crippen MR) is 86.5 cm³/mol. The van der Waals surface area contributed by atoms with E-state index in [1.165, 1.54) is 12.1 Å². The van der Waals surface area contributed by atoms with Crippen LogP contribution in [0.4, 0.5) is 8.78 Å². The van der Waals surface area contributed by atoms with Crippen molar-refractivity contribution >= 4 is 23.9 Å². The lowest BCUT2D eigenvalue weighted by molar-refractivity contribution is -0.139. The van der Waals surface area contributed by atoms with Gasteiger partial charge in [0.2, 0.25) is 5.90 Å². The fourth-order valence-electron chi connectivity index (χ4n) is 2.21. The summed E-state index contributed by atoms with van der Waals surface area (Å²) in [5, 5.41) is 8.70. The zero-order chi connectivity index (χ0) is 18.7. The van der Waals surface area contributed by atoms with Crippen LogP contribution in [-0.2, 0) is 14.3 Å². The van der Waals surface area contributed by atoms with Crippen LogP contribution in [0.2, 0.25) is 0 Å². The van der Waals surface area contributed by atoms with Crippen LogP contribution in [0.1, 0.15) is 11.1 Å². The molecule has 3 rings (SSSR count). The van der Waals surface area contributed by atoms with E-state index in [-0.39, 0.29) is 22.9 Å². The van der Waals surface area contributed by atoms with E-state index in [0.717, 1.165) is 12.1 Å². The first-order valence-corrected chi connectivity index (χ1v) is 7.35. The van der Waals surface area contributed by atoms with Crippen LogP contribution in [0.15, 0.2) is 53.2 Å². The van der Waals surface area contributed by atoms with Crippen LogP contribution in [0, 0.1) is 11.6 Å². The molecule has 1 heterocycles. The summed E-state index contributed by atoms with van der Waals surface area (Å²) in [7, 11) is 0. The van der Waals surface area contributed by atoms with E-state index in [1.54, 1.807) is 18.2 Å². The highest BCUT2D eigenvalue weighted by Crippen LogP contribution is 2.25. The largest absolute Gasteiger partial charge is 0.481 e. The molecule has 2 aromatic rings. The van der Waals surface area contributed by atoms with Gasteiger partial charge in [0.1, 0.15) is 17.4 Å². The number of para-hydroxylation sites is 1. The Hall–Kier alpha value is -3.55. The molecule has 0 aliphatic carbocycles. The molecule has 0 saturated heterocycles. The average molecular weight is 359 g/mol. The number of aliphatic imine (C=N–C) groups is 1. The van der Waals surface area contributed by atoms with Gasteiger partial charge in [0.25, 0.3) is 0 Å². The maximum absolute atomic E-state index is 13.8. The van der Waals surface area contributed by atoms with Gasteiger partial charge >= 0.3 is 11.9 Å². The number of halogens is 2. The molecule has 1 aliphatic heterocycles. The molecule has 1 aliphatic rings. The molecule has 0 atom stereocenters. The van der Waals surface area contributed by atoms with Crippen molar-refractivity contribution in [2.45, 2.75) is 0 Å². The highest BCUT2D eigenvalue weighted by atomic mass is 19.1. The van der Waals surface area contributed by atoms with Crippen molar-refractivity contribution in [1.29, 1.82) is 0 Å². The third kappa shape index (κ3) is 3.75. The fraction of sp³-hybridized carbons (Fsp3) is 0.0556. The first kappa shape index (κ1) is 17.3. The highest BCUT2D eigenvalue weighted by Gasteiger charge is 2.26. The van der Waals surface area contributed by atoms with E-state index < -0.39 is 30.2 Å². The molecular weight excluding hydrogens is 348 g/mol. The molecule has 0 amide bonds. The van der Waals surface area contributed by atoms with Crippen LogP contribution in [0.25, 0.3) is 6.08 Å². The van der Waals surface area contributed by atoms with Crippen molar-refractivity contribution < 1.29 is 33.0 Å². The molecule has 1 N–H and O–H groups in total. The van der Waals surface area contributed by atoms with Crippen LogP contribution in [0.3, 0.4) is 0 Å². The minimum Gasteiger partial charge on any atom is -0.481 e. The molecular formula is C18H11F2NO5. The van der Waals surface area contributed by atoms with E-state index in [4.69, 9.17) is 14.6 Å². The Morgan fingerprint density at radius 2 is 2.00 bits per heavy atom. The molecule has 26 heavy (non-hydrogen) atoms. The van der Waals surface area contributed by atoms with Gasteiger partial charge in [-0.05, 0) is 24.3 Å².